The van der Waals surface area contributed by atoms with Crippen molar-refractivity contribution in [1.82, 2.24) is 0 Å². The summed E-state index contributed by atoms with van der Waals surface area (Å²) in [6.45, 7) is 1.98. The van der Waals surface area contributed by atoms with Crippen molar-refractivity contribution in [2.45, 2.75) is 13.0 Å². The molecule has 0 heterocycles. The van der Waals surface area contributed by atoms with Crippen LogP contribution in [-0.2, 0) is 0 Å². The fraction of sp³-hybridized carbons (Fsp3) is 0.250. The Morgan fingerprint density at radius 2 is 1.79 bits per heavy atom. The van der Waals surface area contributed by atoms with Crippen molar-refractivity contribution < 1.29 is 9.47 Å². The summed E-state index contributed by atoms with van der Waals surface area (Å²) in [6.07, 6.45) is 0. The molecule has 2 rings (SSSR count). The third-order valence-electron chi connectivity index (χ3n) is 3.13. The minimum absolute atomic E-state index is 0.0178. The van der Waals surface area contributed by atoms with E-state index in [9.17, 15) is 0 Å². The van der Waals surface area contributed by atoms with Gasteiger partial charge in [-0.2, -0.15) is 0 Å². The molecule has 0 amide bonds. The number of ether oxygens (including phenoxy) is 2. The highest BCUT2D eigenvalue weighted by molar-refractivity contribution is 5.72. The molecule has 0 bridgehead atoms. The largest absolute Gasteiger partial charge is 0.497 e. The molecule has 1 unspecified atom stereocenters. The van der Waals surface area contributed by atoms with E-state index in [-0.39, 0.29) is 6.04 Å². The molecular weight excluding hydrogens is 238 g/mol. The van der Waals surface area contributed by atoms with E-state index in [1.54, 1.807) is 14.2 Å². The van der Waals surface area contributed by atoms with Crippen molar-refractivity contribution in [3.63, 3.8) is 0 Å². The summed E-state index contributed by atoms with van der Waals surface area (Å²) in [5.74, 6) is 1.57. The Balaban J connectivity index is 2.49. The SMILES string of the molecule is COc1ccc(-c2cccc(C(C)N)c2)c(OC)c1. The lowest BCUT2D eigenvalue weighted by Gasteiger charge is -2.12. The summed E-state index contributed by atoms with van der Waals surface area (Å²) in [5, 5.41) is 0. The Bertz CT molecular complexity index is 564. The average molecular weight is 257 g/mol. The van der Waals surface area contributed by atoms with E-state index < -0.39 is 0 Å². The van der Waals surface area contributed by atoms with Crippen LogP contribution in [-0.4, -0.2) is 14.2 Å². The van der Waals surface area contributed by atoms with Gasteiger partial charge in [0.1, 0.15) is 11.5 Å². The van der Waals surface area contributed by atoms with Crippen molar-refractivity contribution in [2.75, 3.05) is 14.2 Å². The van der Waals surface area contributed by atoms with Crippen molar-refractivity contribution in [3.8, 4) is 22.6 Å². The van der Waals surface area contributed by atoms with Gasteiger partial charge >= 0.3 is 0 Å². The van der Waals surface area contributed by atoms with Crippen molar-refractivity contribution in [3.05, 3.63) is 48.0 Å². The van der Waals surface area contributed by atoms with Gasteiger partial charge in [0.2, 0.25) is 0 Å². The van der Waals surface area contributed by atoms with Crippen LogP contribution < -0.4 is 15.2 Å². The number of rotatable bonds is 4. The van der Waals surface area contributed by atoms with Crippen LogP contribution in [0.25, 0.3) is 11.1 Å². The van der Waals surface area contributed by atoms with Gasteiger partial charge in [-0.25, -0.2) is 0 Å². The van der Waals surface area contributed by atoms with Crippen LogP contribution >= 0.6 is 0 Å². The molecule has 19 heavy (non-hydrogen) atoms. The fourth-order valence-corrected chi connectivity index (χ4v) is 2.03. The highest BCUT2D eigenvalue weighted by Crippen LogP contribution is 2.34. The third-order valence-corrected chi connectivity index (χ3v) is 3.13. The maximum absolute atomic E-state index is 5.93. The molecule has 0 saturated heterocycles. The smallest absolute Gasteiger partial charge is 0.130 e. The lowest BCUT2D eigenvalue weighted by atomic mass is 9.99. The van der Waals surface area contributed by atoms with Gasteiger partial charge in [0.15, 0.2) is 0 Å². The van der Waals surface area contributed by atoms with E-state index in [0.29, 0.717) is 0 Å². The van der Waals surface area contributed by atoms with E-state index in [1.807, 2.05) is 37.3 Å². The Labute approximate surface area is 114 Å². The first-order valence-electron chi connectivity index (χ1n) is 6.23. The van der Waals surface area contributed by atoms with Crippen LogP contribution in [0.1, 0.15) is 18.5 Å². The standard InChI is InChI=1S/C16H19NO2/c1-11(17)12-5-4-6-13(9-12)15-8-7-14(18-2)10-16(15)19-3/h4-11H,17H2,1-3H3. The van der Waals surface area contributed by atoms with Gasteiger partial charge in [0, 0.05) is 17.7 Å². The van der Waals surface area contributed by atoms with Crippen LogP contribution in [0.3, 0.4) is 0 Å². The molecule has 1 atom stereocenters. The van der Waals surface area contributed by atoms with Gasteiger partial charge in [0.25, 0.3) is 0 Å². The van der Waals surface area contributed by atoms with Crippen LogP contribution in [0, 0.1) is 0 Å². The second-order valence-corrected chi connectivity index (χ2v) is 4.48. The molecular formula is C16H19NO2. The summed E-state index contributed by atoms with van der Waals surface area (Å²) < 4.78 is 10.6. The zero-order valence-electron chi connectivity index (χ0n) is 11.5. The molecule has 3 nitrogen and oxygen atoms in total. The van der Waals surface area contributed by atoms with Gasteiger partial charge in [-0.15, -0.1) is 0 Å². The fourth-order valence-electron chi connectivity index (χ4n) is 2.03. The second kappa shape index (κ2) is 5.76. The Morgan fingerprint density at radius 1 is 1.00 bits per heavy atom. The second-order valence-electron chi connectivity index (χ2n) is 4.48. The predicted octanol–water partition coefficient (Wildman–Crippen LogP) is 3.39. The highest BCUT2D eigenvalue weighted by atomic mass is 16.5. The maximum Gasteiger partial charge on any atom is 0.130 e. The summed E-state index contributed by atoms with van der Waals surface area (Å²) in [6, 6.07) is 14.0. The van der Waals surface area contributed by atoms with Gasteiger partial charge in [0.05, 0.1) is 14.2 Å². The lowest BCUT2D eigenvalue weighted by molar-refractivity contribution is 0.395. The van der Waals surface area contributed by atoms with E-state index in [4.69, 9.17) is 15.2 Å². The molecule has 0 aliphatic heterocycles. The van der Waals surface area contributed by atoms with Gasteiger partial charge in [-0.1, -0.05) is 18.2 Å². The molecule has 0 spiro atoms. The molecule has 0 radical (unpaired) electrons. The lowest BCUT2D eigenvalue weighted by Crippen LogP contribution is -2.04. The van der Waals surface area contributed by atoms with Gasteiger partial charge in [-0.05, 0) is 36.2 Å². The Hall–Kier alpha value is -2.00. The summed E-state index contributed by atoms with van der Waals surface area (Å²) in [7, 11) is 3.30. The molecule has 0 aliphatic carbocycles. The summed E-state index contributed by atoms with van der Waals surface area (Å²) >= 11 is 0. The molecule has 0 aliphatic rings. The molecule has 2 aromatic carbocycles. The molecule has 3 heteroatoms. The first-order chi connectivity index (χ1) is 9.15. The number of nitrogens with two attached hydrogens (primary N) is 1. The van der Waals surface area contributed by atoms with Crippen molar-refractivity contribution in [2.24, 2.45) is 5.73 Å². The molecule has 0 aromatic heterocycles. The topological polar surface area (TPSA) is 44.5 Å². The zero-order chi connectivity index (χ0) is 13.8. The number of hydrogen-bond donors (Lipinski definition) is 1. The predicted molar refractivity (Wildman–Crippen MR) is 77.6 cm³/mol. The van der Waals surface area contributed by atoms with E-state index in [2.05, 4.69) is 12.1 Å². The van der Waals surface area contributed by atoms with Crippen LogP contribution in [0.15, 0.2) is 42.5 Å². The van der Waals surface area contributed by atoms with E-state index >= 15 is 0 Å². The Morgan fingerprint density at radius 3 is 2.42 bits per heavy atom. The molecule has 0 saturated carbocycles. The summed E-state index contributed by atoms with van der Waals surface area (Å²) in [5.41, 5.74) is 9.16. The third kappa shape index (κ3) is 2.88. The van der Waals surface area contributed by atoms with E-state index in [1.165, 1.54) is 0 Å². The first-order valence-corrected chi connectivity index (χ1v) is 6.23. The molecule has 2 N–H and O–H groups in total. The average Bonchev–Trinajstić information content (AvgIpc) is 2.46. The molecule has 0 fully saturated rings. The molecule has 2 aromatic rings. The quantitative estimate of drug-likeness (QED) is 0.913. The number of benzene rings is 2. The Kier molecular flexibility index (Phi) is 4.07. The normalized spacial score (nSPS) is 12.0. The van der Waals surface area contributed by atoms with Crippen LogP contribution in [0.5, 0.6) is 11.5 Å². The number of methoxy groups -OCH3 is 2. The zero-order valence-corrected chi connectivity index (χ0v) is 11.5. The van der Waals surface area contributed by atoms with Crippen molar-refractivity contribution in [1.29, 1.82) is 0 Å². The minimum Gasteiger partial charge on any atom is -0.497 e. The first kappa shape index (κ1) is 13.4. The van der Waals surface area contributed by atoms with Crippen LogP contribution in [0.2, 0.25) is 0 Å². The van der Waals surface area contributed by atoms with Gasteiger partial charge in [-0.3, -0.25) is 0 Å². The number of hydrogen-bond acceptors (Lipinski definition) is 3. The molecule has 100 valence electrons. The van der Waals surface area contributed by atoms with Crippen molar-refractivity contribution >= 4 is 0 Å². The van der Waals surface area contributed by atoms with Crippen LogP contribution in [0.4, 0.5) is 0 Å². The van der Waals surface area contributed by atoms with E-state index in [0.717, 1.165) is 28.2 Å². The maximum atomic E-state index is 5.93. The highest BCUT2D eigenvalue weighted by Gasteiger charge is 2.09. The monoisotopic (exact) mass is 257 g/mol. The minimum atomic E-state index is 0.0178. The van der Waals surface area contributed by atoms with Gasteiger partial charge < -0.3 is 15.2 Å². The summed E-state index contributed by atoms with van der Waals surface area (Å²) in [4.78, 5) is 0.